The molecule has 9 N–H and O–H groups in total. The van der Waals surface area contributed by atoms with E-state index >= 15 is 0 Å². The number of carbonyl (C=O) groups excluding carboxylic acids is 3. The molecule has 0 saturated heterocycles. The van der Waals surface area contributed by atoms with Gasteiger partial charge in [-0.1, -0.05) is 30.3 Å². The molecule has 0 aliphatic carbocycles. The highest BCUT2D eigenvalue weighted by molar-refractivity contribution is 5.95. The number of phenols is 1. The van der Waals surface area contributed by atoms with E-state index in [9.17, 15) is 34.2 Å². The number of amides is 3. The molecule has 0 radical (unpaired) electrons. The summed E-state index contributed by atoms with van der Waals surface area (Å²) >= 11 is 0. The van der Waals surface area contributed by atoms with Gasteiger partial charge in [-0.25, -0.2) is 4.79 Å². The Balaban J connectivity index is 1.69. The van der Waals surface area contributed by atoms with E-state index in [4.69, 9.17) is 10.8 Å². The van der Waals surface area contributed by atoms with Crippen molar-refractivity contribution in [3.05, 3.63) is 65.9 Å². The van der Waals surface area contributed by atoms with Gasteiger partial charge in [0.2, 0.25) is 17.7 Å². The third kappa shape index (κ3) is 8.04. The van der Waals surface area contributed by atoms with Crippen LogP contribution in [0.25, 0.3) is 10.9 Å². The van der Waals surface area contributed by atoms with Crippen molar-refractivity contribution in [2.45, 2.75) is 50.4 Å². The summed E-state index contributed by atoms with van der Waals surface area (Å²) in [5.41, 5.74) is 7.68. The van der Waals surface area contributed by atoms with Crippen LogP contribution in [0, 0.1) is 0 Å². The first-order valence-electron chi connectivity index (χ1n) is 12.4. The van der Waals surface area contributed by atoms with Crippen molar-refractivity contribution in [1.29, 1.82) is 0 Å². The van der Waals surface area contributed by atoms with E-state index in [-0.39, 0.29) is 18.6 Å². The average molecular weight is 554 g/mol. The van der Waals surface area contributed by atoms with Crippen LogP contribution in [0.15, 0.2) is 54.7 Å². The number of hydrogen-bond acceptors (Lipinski definition) is 7. The third-order valence-electron chi connectivity index (χ3n) is 6.21. The number of para-hydroxylation sites is 1. The Bertz CT molecular complexity index is 1390. The topological polar surface area (TPSA) is 224 Å². The van der Waals surface area contributed by atoms with Gasteiger partial charge in [0.05, 0.1) is 12.5 Å². The lowest BCUT2D eigenvalue weighted by Gasteiger charge is -2.23. The van der Waals surface area contributed by atoms with Crippen molar-refractivity contribution in [3.8, 4) is 5.75 Å². The molecule has 1 aromatic heterocycles. The lowest BCUT2D eigenvalue weighted by molar-refractivity contribution is -0.142. The van der Waals surface area contributed by atoms with Gasteiger partial charge in [-0.2, -0.15) is 0 Å². The van der Waals surface area contributed by atoms with Crippen LogP contribution in [0.3, 0.4) is 0 Å². The quantitative estimate of drug-likeness (QED) is 0.143. The van der Waals surface area contributed by atoms with Crippen molar-refractivity contribution in [3.63, 3.8) is 0 Å². The molecule has 0 aliphatic rings. The molecule has 4 atom stereocenters. The van der Waals surface area contributed by atoms with Crippen LogP contribution < -0.4 is 21.7 Å². The Labute approximate surface area is 228 Å². The van der Waals surface area contributed by atoms with E-state index in [2.05, 4.69) is 20.9 Å². The van der Waals surface area contributed by atoms with Gasteiger partial charge in [0.25, 0.3) is 0 Å². The van der Waals surface area contributed by atoms with Gasteiger partial charge >= 0.3 is 11.9 Å². The van der Waals surface area contributed by atoms with Crippen LogP contribution >= 0.6 is 0 Å². The molecule has 0 fully saturated rings. The largest absolute Gasteiger partial charge is 0.508 e. The molecule has 13 heteroatoms. The van der Waals surface area contributed by atoms with Crippen molar-refractivity contribution in [2.75, 3.05) is 0 Å². The van der Waals surface area contributed by atoms with Gasteiger partial charge in [-0.15, -0.1) is 0 Å². The van der Waals surface area contributed by atoms with Crippen molar-refractivity contribution in [2.24, 2.45) is 5.73 Å². The van der Waals surface area contributed by atoms with E-state index in [0.29, 0.717) is 11.1 Å². The van der Waals surface area contributed by atoms with Gasteiger partial charge in [0.15, 0.2) is 0 Å². The minimum absolute atomic E-state index is 0.00719. The number of nitrogens with one attached hydrogen (secondary N) is 4. The van der Waals surface area contributed by atoms with Gasteiger partial charge in [0, 0.05) is 29.9 Å². The average Bonchev–Trinajstić information content (AvgIpc) is 3.31. The SMILES string of the molecule is CC(NC(=O)C(Cc1ccc(O)cc1)NC(=O)C(N)CC(=O)O)C(=O)NC(Cc1c[nH]c2ccccc12)C(=O)O. The van der Waals surface area contributed by atoms with E-state index in [0.717, 1.165) is 10.9 Å². The highest BCUT2D eigenvalue weighted by atomic mass is 16.4. The summed E-state index contributed by atoms with van der Waals surface area (Å²) in [6.45, 7) is 1.35. The summed E-state index contributed by atoms with van der Waals surface area (Å²) in [5.74, 6) is -5.01. The number of benzene rings is 2. The van der Waals surface area contributed by atoms with E-state index in [1.807, 2.05) is 24.3 Å². The molecular formula is C27H31N5O8. The first kappa shape index (κ1) is 29.6. The lowest BCUT2D eigenvalue weighted by Crippen LogP contribution is -2.57. The summed E-state index contributed by atoms with van der Waals surface area (Å²) in [7, 11) is 0. The number of carbonyl (C=O) groups is 5. The number of aliphatic carboxylic acids is 2. The molecule has 212 valence electrons. The number of H-pyrrole nitrogens is 1. The Morgan fingerprint density at radius 1 is 0.850 bits per heavy atom. The second-order valence-electron chi connectivity index (χ2n) is 9.33. The molecule has 40 heavy (non-hydrogen) atoms. The highest BCUT2D eigenvalue weighted by Gasteiger charge is 2.29. The first-order chi connectivity index (χ1) is 18.9. The molecule has 0 aliphatic heterocycles. The van der Waals surface area contributed by atoms with Crippen molar-refractivity contribution in [1.82, 2.24) is 20.9 Å². The fourth-order valence-corrected chi connectivity index (χ4v) is 4.03. The van der Waals surface area contributed by atoms with Crippen molar-refractivity contribution < 1.29 is 39.3 Å². The zero-order valence-electron chi connectivity index (χ0n) is 21.6. The Kier molecular flexibility index (Phi) is 9.81. The fourth-order valence-electron chi connectivity index (χ4n) is 4.03. The summed E-state index contributed by atoms with van der Waals surface area (Å²) in [6, 6.07) is 7.99. The Hall–Kier alpha value is -4.91. The second-order valence-corrected chi connectivity index (χ2v) is 9.33. The molecule has 0 bridgehead atoms. The summed E-state index contributed by atoms with van der Waals surface area (Å²) in [4.78, 5) is 64.3. The first-order valence-corrected chi connectivity index (χ1v) is 12.4. The number of aromatic nitrogens is 1. The van der Waals surface area contributed by atoms with Crippen LogP contribution in [-0.2, 0) is 36.8 Å². The summed E-state index contributed by atoms with van der Waals surface area (Å²) in [5, 5.41) is 36.3. The molecular weight excluding hydrogens is 522 g/mol. The predicted molar refractivity (Wildman–Crippen MR) is 143 cm³/mol. The molecule has 3 amide bonds. The summed E-state index contributed by atoms with van der Waals surface area (Å²) in [6.07, 6.45) is 0.936. The number of aromatic amines is 1. The summed E-state index contributed by atoms with van der Waals surface area (Å²) < 4.78 is 0. The number of aromatic hydroxyl groups is 1. The zero-order chi connectivity index (χ0) is 29.4. The minimum atomic E-state index is -1.42. The number of carboxylic acids is 2. The fraction of sp³-hybridized carbons (Fsp3) is 0.296. The normalized spacial score (nSPS) is 13.9. The lowest BCUT2D eigenvalue weighted by atomic mass is 10.0. The van der Waals surface area contributed by atoms with Crippen LogP contribution in [0.1, 0.15) is 24.5 Å². The van der Waals surface area contributed by atoms with Crippen LogP contribution in [0.2, 0.25) is 0 Å². The Morgan fingerprint density at radius 2 is 1.50 bits per heavy atom. The number of phenolic OH excluding ortho intramolecular Hbond substituents is 1. The number of rotatable bonds is 13. The molecule has 0 spiro atoms. The van der Waals surface area contributed by atoms with Gasteiger partial charge in [-0.05, 0) is 36.2 Å². The minimum Gasteiger partial charge on any atom is -0.508 e. The molecule has 0 saturated carbocycles. The Morgan fingerprint density at radius 3 is 2.15 bits per heavy atom. The molecule has 3 rings (SSSR count). The maximum atomic E-state index is 13.1. The zero-order valence-corrected chi connectivity index (χ0v) is 21.6. The third-order valence-corrected chi connectivity index (χ3v) is 6.21. The van der Waals surface area contributed by atoms with Crippen LogP contribution in [0.4, 0.5) is 0 Å². The van der Waals surface area contributed by atoms with E-state index in [1.165, 1.54) is 31.2 Å². The number of fused-ring (bicyclic) bond motifs is 1. The molecule has 4 unspecified atom stereocenters. The predicted octanol–water partition coefficient (Wildman–Crippen LogP) is 0.0196. The molecule has 2 aromatic carbocycles. The number of carboxylic acid groups (broad SMARTS) is 2. The van der Waals surface area contributed by atoms with Gasteiger partial charge < -0.3 is 42.0 Å². The maximum absolute atomic E-state index is 13.1. The standard InChI is InChI=1S/C27H31N5O8/c1-14(24(36)32-22(27(39)40)11-16-13-29-20-5-3-2-4-18(16)20)30-26(38)21(10-15-6-8-17(33)9-7-15)31-25(37)19(28)12-23(34)35/h2-9,13-14,19,21-22,29,33H,10-12,28H2,1H3,(H,30,38)(H,31,37)(H,32,36)(H,34,35)(H,39,40). The van der Waals surface area contributed by atoms with Crippen molar-refractivity contribution >= 4 is 40.6 Å². The second kappa shape index (κ2) is 13.2. The number of nitrogens with two attached hydrogens (primary N) is 1. The van der Waals surface area contributed by atoms with Crippen LogP contribution in [0.5, 0.6) is 5.75 Å². The highest BCUT2D eigenvalue weighted by Crippen LogP contribution is 2.19. The maximum Gasteiger partial charge on any atom is 0.326 e. The molecule has 1 heterocycles. The monoisotopic (exact) mass is 553 g/mol. The van der Waals surface area contributed by atoms with Gasteiger partial charge in [0.1, 0.15) is 23.9 Å². The smallest absolute Gasteiger partial charge is 0.326 e. The van der Waals surface area contributed by atoms with E-state index in [1.54, 1.807) is 6.20 Å². The number of hydrogen-bond donors (Lipinski definition) is 8. The molecule has 3 aromatic rings. The molecule has 13 nitrogen and oxygen atoms in total. The van der Waals surface area contributed by atoms with Gasteiger partial charge in [-0.3, -0.25) is 19.2 Å². The van der Waals surface area contributed by atoms with Crippen LogP contribution in [-0.4, -0.2) is 74.1 Å². The van der Waals surface area contributed by atoms with E-state index < -0.39 is 60.2 Å².